The zero-order valence-electron chi connectivity index (χ0n) is 18.1. The number of nitrogens with zero attached hydrogens (tertiary/aromatic N) is 1. The molecule has 31 heavy (non-hydrogen) atoms. The van der Waals surface area contributed by atoms with Crippen LogP contribution in [-0.2, 0) is 26.0 Å². The summed E-state index contributed by atoms with van der Waals surface area (Å²) < 4.78 is 40.8. The van der Waals surface area contributed by atoms with Gasteiger partial charge in [0.05, 0.1) is 38.3 Å². The molecule has 0 radical (unpaired) electrons. The number of aryl methyl sites for hydroxylation is 1. The molecule has 2 aromatic rings. The average molecular weight is 450 g/mol. The van der Waals surface area contributed by atoms with Gasteiger partial charge in [-0.15, -0.1) is 0 Å². The Morgan fingerprint density at radius 1 is 1.00 bits per heavy atom. The quantitative estimate of drug-likeness (QED) is 0.514. The van der Waals surface area contributed by atoms with E-state index in [1.807, 2.05) is 12.1 Å². The van der Waals surface area contributed by atoms with Crippen LogP contribution in [0, 0.1) is 0 Å². The molecule has 0 aromatic heterocycles. The first-order chi connectivity index (χ1) is 14.7. The molecule has 0 aliphatic rings. The molecule has 0 bridgehead atoms. The molecule has 0 saturated carbocycles. The molecule has 8 nitrogen and oxygen atoms in total. The van der Waals surface area contributed by atoms with E-state index in [9.17, 15) is 18.0 Å². The Bertz CT molecular complexity index is 1030. The number of carbonyl (C=O) groups is 2. The first-order valence-electron chi connectivity index (χ1n) is 9.72. The van der Waals surface area contributed by atoms with Crippen LogP contribution in [0.1, 0.15) is 35.7 Å². The van der Waals surface area contributed by atoms with Crippen molar-refractivity contribution in [2.75, 3.05) is 31.4 Å². The Labute approximate surface area is 182 Å². The third-order valence-electron chi connectivity index (χ3n) is 4.45. The number of methoxy groups -OCH3 is 2. The number of hydrogen-bond acceptors (Lipinski definition) is 7. The molecule has 0 fully saturated rings. The fourth-order valence-corrected chi connectivity index (χ4v) is 4.03. The number of ether oxygens (including phenoxy) is 3. The topological polar surface area (TPSA) is 99.2 Å². The minimum atomic E-state index is -3.89. The minimum absolute atomic E-state index is 0.00501. The largest absolute Gasteiger partial charge is 0.493 e. The second kappa shape index (κ2) is 10.8. The summed E-state index contributed by atoms with van der Waals surface area (Å²) in [6.07, 6.45) is 1.94. The van der Waals surface area contributed by atoms with Gasteiger partial charge in [-0.1, -0.05) is 12.1 Å². The van der Waals surface area contributed by atoms with E-state index in [1.54, 1.807) is 27.2 Å². The molecule has 9 heteroatoms. The molecule has 1 amide bonds. The van der Waals surface area contributed by atoms with Crippen LogP contribution in [0.5, 0.6) is 11.5 Å². The van der Waals surface area contributed by atoms with Crippen molar-refractivity contribution in [3.63, 3.8) is 0 Å². The lowest BCUT2D eigenvalue weighted by Crippen LogP contribution is -2.36. The number of benzene rings is 2. The van der Waals surface area contributed by atoms with E-state index in [4.69, 9.17) is 14.2 Å². The molecule has 0 heterocycles. The lowest BCUT2D eigenvalue weighted by molar-refractivity contribution is -0.117. The molecule has 0 N–H and O–H groups in total. The molecule has 0 unspecified atom stereocenters. The summed E-state index contributed by atoms with van der Waals surface area (Å²) in [5, 5.41) is 0. The first kappa shape index (κ1) is 24.2. The Morgan fingerprint density at radius 2 is 1.71 bits per heavy atom. The highest BCUT2D eigenvalue weighted by molar-refractivity contribution is 7.92. The number of rotatable bonds is 10. The normalized spacial score (nSPS) is 11.0. The van der Waals surface area contributed by atoms with E-state index >= 15 is 0 Å². The van der Waals surface area contributed by atoms with Gasteiger partial charge in [0, 0.05) is 6.42 Å². The number of carbonyl (C=O) groups excluding carboxylic acids is 2. The zero-order chi connectivity index (χ0) is 23.0. The van der Waals surface area contributed by atoms with E-state index in [-0.39, 0.29) is 24.3 Å². The van der Waals surface area contributed by atoms with Crippen molar-refractivity contribution in [3.05, 3.63) is 53.6 Å². The van der Waals surface area contributed by atoms with Crippen LogP contribution in [0.2, 0.25) is 0 Å². The van der Waals surface area contributed by atoms with Gasteiger partial charge >= 0.3 is 5.97 Å². The lowest BCUT2D eigenvalue weighted by atomic mass is 10.1. The van der Waals surface area contributed by atoms with Gasteiger partial charge in [-0.05, 0) is 55.7 Å². The predicted octanol–water partition coefficient (Wildman–Crippen LogP) is 3.20. The van der Waals surface area contributed by atoms with E-state index in [0.29, 0.717) is 24.3 Å². The van der Waals surface area contributed by atoms with Gasteiger partial charge in [-0.2, -0.15) is 0 Å². The maximum absolute atomic E-state index is 12.8. The monoisotopic (exact) mass is 449 g/mol. The third-order valence-corrected chi connectivity index (χ3v) is 5.53. The molecule has 0 spiro atoms. The number of sulfonamides is 1. The van der Waals surface area contributed by atoms with Crippen LogP contribution in [0.4, 0.5) is 5.69 Å². The number of esters is 1. The minimum Gasteiger partial charge on any atom is -0.493 e. The molecule has 0 aliphatic carbocycles. The van der Waals surface area contributed by atoms with Crippen molar-refractivity contribution in [2.24, 2.45) is 0 Å². The van der Waals surface area contributed by atoms with E-state index < -0.39 is 21.9 Å². The summed E-state index contributed by atoms with van der Waals surface area (Å²) in [4.78, 5) is 24.8. The molecule has 2 rings (SSSR count). The van der Waals surface area contributed by atoms with Crippen molar-refractivity contribution in [3.8, 4) is 11.5 Å². The van der Waals surface area contributed by atoms with Gasteiger partial charge in [0.15, 0.2) is 11.5 Å². The third kappa shape index (κ3) is 6.45. The lowest BCUT2D eigenvalue weighted by Gasteiger charge is -2.21. The molecular weight excluding hydrogens is 422 g/mol. The summed E-state index contributed by atoms with van der Waals surface area (Å²) >= 11 is 0. The highest BCUT2D eigenvalue weighted by Crippen LogP contribution is 2.28. The first-order valence-corrected chi connectivity index (χ1v) is 11.6. The van der Waals surface area contributed by atoms with Crippen molar-refractivity contribution >= 4 is 27.6 Å². The number of amides is 1. The van der Waals surface area contributed by atoms with E-state index in [0.717, 1.165) is 16.1 Å². The summed E-state index contributed by atoms with van der Waals surface area (Å²) in [6.45, 7) is 1.86. The number of hydrogen-bond donors (Lipinski definition) is 0. The predicted molar refractivity (Wildman–Crippen MR) is 117 cm³/mol. The Hall–Kier alpha value is -3.07. The van der Waals surface area contributed by atoms with Crippen molar-refractivity contribution in [1.29, 1.82) is 0 Å². The van der Waals surface area contributed by atoms with Crippen LogP contribution >= 0.6 is 0 Å². The summed E-state index contributed by atoms with van der Waals surface area (Å²) in [7, 11) is -0.802. The Morgan fingerprint density at radius 3 is 2.32 bits per heavy atom. The van der Waals surface area contributed by atoms with Gasteiger partial charge in [-0.25, -0.2) is 17.5 Å². The second-order valence-corrected chi connectivity index (χ2v) is 8.57. The Kier molecular flexibility index (Phi) is 8.44. The molecule has 168 valence electrons. The maximum Gasteiger partial charge on any atom is 0.338 e. The van der Waals surface area contributed by atoms with Crippen LogP contribution in [0.3, 0.4) is 0 Å². The molecule has 2 aromatic carbocycles. The van der Waals surface area contributed by atoms with Gasteiger partial charge in [0.25, 0.3) is 0 Å². The average Bonchev–Trinajstić information content (AvgIpc) is 2.73. The zero-order valence-corrected chi connectivity index (χ0v) is 18.9. The summed E-state index contributed by atoms with van der Waals surface area (Å²) in [5.74, 6) is 0.0228. The molecule has 0 atom stereocenters. The van der Waals surface area contributed by atoms with Gasteiger partial charge < -0.3 is 14.2 Å². The van der Waals surface area contributed by atoms with E-state index in [1.165, 1.54) is 24.3 Å². The van der Waals surface area contributed by atoms with Gasteiger partial charge in [-0.3, -0.25) is 4.79 Å². The smallest absolute Gasteiger partial charge is 0.338 e. The van der Waals surface area contributed by atoms with Crippen LogP contribution in [-0.4, -0.2) is 47.4 Å². The standard InChI is InChI=1S/C22H27NO7S/c1-5-30-22(25)17-9-7-10-18(15-17)23(31(4,26)27)21(24)11-6-8-16-12-13-19(28-2)20(14-16)29-3/h7,9-10,12-15H,5-6,8,11H2,1-4H3. The van der Waals surface area contributed by atoms with Crippen molar-refractivity contribution in [1.82, 2.24) is 0 Å². The van der Waals surface area contributed by atoms with Crippen LogP contribution in [0.15, 0.2) is 42.5 Å². The summed E-state index contributed by atoms with van der Waals surface area (Å²) in [5.41, 5.74) is 1.20. The van der Waals surface area contributed by atoms with Gasteiger partial charge in [0.1, 0.15) is 0 Å². The fraction of sp³-hybridized carbons (Fsp3) is 0.364. The van der Waals surface area contributed by atoms with Crippen LogP contribution in [0.25, 0.3) is 0 Å². The molecule has 0 aliphatic heterocycles. The highest BCUT2D eigenvalue weighted by atomic mass is 32.2. The molecular formula is C22H27NO7S. The second-order valence-electron chi connectivity index (χ2n) is 6.73. The number of anilines is 1. The van der Waals surface area contributed by atoms with E-state index in [2.05, 4.69) is 0 Å². The van der Waals surface area contributed by atoms with Crippen molar-refractivity contribution < 1.29 is 32.2 Å². The highest BCUT2D eigenvalue weighted by Gasteiger charge is 2.25. The van der Waals surface area contributed by atoms with Gasteiger partial charge in [0.2, 0.25) is 15.9 Å². The fourth-order valence-electron chi connectivity index (χ4n) is 3.08. The van der Waals surface area contributed by atoms with Crippen molar-refractivity contribution in [2.45, 2.75) is 26.2 Å². The maximum atomic E-state index is 12.8. The SMILES string of the molecule is CCOC(=O)c1cccc(N(C(=O)CCCc2ccc(OC)c(OC)c2)S(C)(=O)=O)c1. The molecule has 0 saturated heterocycles. The Balaban J connectivity index is 2.15. The van der Waals surface area contributed by atoms with Crippen LogP contribution < -0.4 is 13.8 Å². The summed E-state index contributed by atoms with van der Waals surface area (Å²) in [6, 6.07) is 11.3.